The molecule has 0 unspecified atom stereocenters. The van der Waals surface area contributed by atoms with Crippen molar-refractivity contribution >= 4 is 5.82 Å². The van der Waals surface area contributed by atoms with Crippen molar-refractivity contribution in [2.24, 2.45) is 0 Å². The van der Waals surface area contributed by atoms with Gasteiger partial charge in [0.25, 0.3) is 0 Å². The van der Waals surface area contributed by atoms with Gasteiger partial charge in [0.05, 0.1) is 0 Å². The highest BCUT2D eigenvalue weighted by molar-refractivity contribution is 5.46. The fourth-order valence-electron chi connectivity index (χ4n) is 2.56. The van der Waals surface area contributed by atoms with Gasteiger partial charge in [-0.05, 0) is 55.0 Å². The average Bonchev–Trinajstić information content (AvgIpc) is 2.85. The predicted molar refractivity (Wildman–Crippen MR) is 76.2 cm³/mol. The van der Waals surface area contributed by atoms with Gasteiger partial charge >= 0.3 is 0 Å². The number of rotatable bonds is 3. The van der Waals surface area contributed by atoms with Crippen molar-refractivity contribution < 1.29 is 4.74 Å². The molecule has 0 bridgehead atoms. The van der Waals surface area contributed by atoms with Gasteiger partial charge < -0.3 is 10.5 Å². The van der Waals surface area contributed by atoms with Crippen LogP contribution in [-0.2, 0) is 19.4 Å². The monoisotopic (exact) mass is 254 g/mol. The fourth-order valence-corrected chi connectivity index (χ4v) is 2.56. The third-order valence-electron chi connectivity index (χ3n) is 3.58. The number of benzene rings is 1. The summed E-state index contributed by atoms with van der Waals surface area (Å²) in [4.78, 5) is 4.20. The molecule has 0 saturated carbocycles. The molecule has 98 valence electrons. The van der Waals surface area contributed by atoms with Gasteiger partial charge in [-0.25, -0.2) is 4.98 Å². The summed E-state index contributed by atoms with van der Waals surface area (Å²) < 4.78 is 5.75. The molecule has 1 heterocycles. The van der Waals surface area contributed by atoms with E-state index in [9.17, 15) is 0 Å². The quantitative estimate of drug-likeness (QED) is 0.915. The molecule has 19 heavy (non-hydrogen) atoms. The van der Waals surface area contributed by atoms with Crippen LogP contribution >= 0.6 is 0 Å². The second kappa shape index (κ2) is 4.92. The van der Waals surface area contributed by atoms with E-state index in [4.69, 9.17) is 10.5 Å². The lowest BCUT2D eigenvalue weighted by Gasteiger charge is -2.10. The van der Waals surface area contributed by atoms with Crippen molar-refractivity contribution in [3.63, 3.8) is 0 Å². The van der Waals surface area contributed by atoms with Gasteiger partial charge in [-0.2, -0.15) is 0 Å². The number of nitrogen functional groups attached to an aromatic ring is 1. The molecule has 0 aliphatic heterocycles. The minimum absolute atomic E-state index is 0.459. The summed E-state index contributed by atoms with van der Waals surface area (Å²) in [6.45, 7) is 2.46. The Hall–Kier alpha value is -2.03. The Kier molecular flexibility index (Phi) is 3.11. The topological polar surface area (TPSA) is 48.1 Å². The average molecular weight is 254 g/mol. The van der Waals surface area contributed by atoms with Crippen molar-refractivity contribution in [1.82, 2.24) is 4.98 Å². The van der Waals surface area contributed by atoms with Crippen LogP contribution in [0.1, 0.15) is 28.8 Å². The molecule has 3 rings (SSSR count). The summed E-state index contributed by atoms with van der Waals surface area (Å²) in [5.74, 6) is 1.12. The zero-order valence-corrected chi connectivity index (χ0v) is 11.1. The van der Waals surface area contributed by atoms with Crippen LogP contribution < -0.4 is 10.5 Å². The number of aryl methyl sites for hydroxylation is 3. The van der Waals surface area contributed by atoms with E-state index in [0.717, 1.165) is 5.69 Å². The van der Waals surface area contributed by atoms with E-state index < -0.39 is 0 Å². The zero-order chi connectivity index (χ0) is 13.2. The molecule has 3 heteroatoms. The minimum atomic E-state index is 0.459. The van der Waals surface area contributed by atoms with Crippen molar-refractivity contribution in [3.8, 4) is 5.75 Å². The van der Waals surface area contributed by atoms with Crippen LogP contribution in [0, 0.1) is 6.92 Å². The van der Waals surface area contributed by atoms with Crippen LogP contribution in [-0.4, -0.2) is 4.98 Å². The molecule has 0 radical (unpaired) electrons. The third-order valence-corrected chi connectivity index (χ3v) is 3.58. The van der Waals surface area contributed by atoms with E-state index >= 15 is 0 Å². The second-order valence-corrected chi connectivity index (χ2v) is 5.08. The maximum atomic E-state index is 5.84. The molecule has 0 spiro atoms. The highest BCUT2D eigenvalue weighted by Gasteiger charge is 2.11. The van der Waals surface area contributed by atoms with Crippen LogP contribution in [0.15, 0.2) is 30.3 Å². The first-order valence-electron chi connectivity index (χ1n) is 6.69. The highest BCUT2D eigenvalue weighted by atomic mass is 16.5. The van der Waals surface area contributed by atoms with Gasteiger partial charge in [-0.3, -0.25) is 0 Å². The van der Waals surface area contributed by atoms with E-state index in [0.29, 0.717) is 18.2 Å². The van der Waals surface area contributed by atoms with Crippen LogP contribution in [0.2, 0.25) is 0 Å². The van der Waals surface area contributed by atoms with Gasteiger partial charge in [0.2, 0.25) is 0 Å². The number of nitrogens with zero attached hydrogens (tertiary/aromatic N) is 1. The Bertz CT molecular complexity index is 608. The van der Waals surface area contributed by atoms with Gasteiger partial charge in [0, 0.05) is 5.69 Å². The minimum Gasteiger partial charge on any atom is -0.485 e. The molecule has 0 fully saturated rings. The Balaban J connectivity index is 1.72. The molecule has 3 nitrogen and oxygen atoms in total. The largest absolute Gasteiger partial charge is 0.485 e. The lowest BCUT2D eigenvalue weighted by atomic mass is 10.1. The Morgan fingerprint density at radius 3 is 2.84 bits per heavy atom. The molecule has 1 aliphatic carbocycles. The van der Waals surface area contributed by atoms with Crippen LogP contribution in [0.3, 0.4) is 0 Å². The summed E-state index contributed by atoms with van der Waals surface area (Å²) in [6.07, 6.45) is 3.68. The normalized spacial score (nSPS) is 13.3. The van der Waals surface area contributed by atoms with Crippen LogP contribution in [0.25, 0.3) is 0 Å². The molecule has 1 aromatic heterocycles. The van der Waals surface area contributed by atoms with Gasteiger partial charge in [0.15, 0.2) is 11.6 Å². The number of pyridine rings is 1. The SMILES string of the molecule is Cc1ccc(OCc2ccc3c(c2)CCC3)c(N)n1. The molecular weight excluding hydrogens is 236 g/mol. The molecule has 0 saturated heterocycles. The Morgan fingerprint density at radius 2 is 2.00 bits per heavy atom. The lowest BCUT2D eigenvalue weighted by Crippen LogP contribution is -2.01. The Morgan fingerprint density at radius 1 is 1.16 bits per heavy atom. The first-order valence-corrected chi connectivity index (χ1v) is 6.69. The second-order valence-electron chi connectivity index (χ2n) is 5.08. The van der Waals surface area contributed by atoms with Crippen molar-refractivity contribution in [3.05, 3.63) is 52.7 Å². The first-order chi connectivity index (χ1) is 9.22. The maximum absolute atomic E-state index is 5.84. The third kappa shape index (κ3) is 2.55. The summed E-state index contributed by atoms with van der Waals surface area (Å²) >= 11 is 0. The summed E-state index contributed by atoms with van der Waals surface area (Å²) in [5, 5.41) is 0. The van der Waals surface area contributed by atoms with Crippen LogP contribution in [0.4, 0.5) is 5.82 Å². The maximum Gasteiger partial charge on any atom is 0.166 e. The molecular formula is C16H18N2O. The molecule has 0 atom stereocenters. The molecule has 2 aromatic rings. The molecule has 2 N–H and O–H groups in total. The van der Waals surface area contributed by atoms with E-state index in [1.807, 2.05) is 19.1 Å². The number of aromatic nitrogens is 1. The fraction of sp³-hybridized carbons (Fsp3) is 0.312. The zero-order valence-electron chi connectivity index (χ0n) is 11.1. The van der Waals surface area contributed by atoms with Crippen LogP contribution in [0.5, 0.6) is 5.75 Å². The number of nitrogens with two attached hydrogens (primary N) is 1. The van der Waals surface area contributed by atoms with Gasteiger partial charge in [0.1, 0.15) is 6.61 Å². The summed E-state index contributed by atoms with van der Waals surface area (Å²) in [5.41, 5.74) is 10.9. The van der Waals surface area contributed by atoms with E-state index in [1.54, 1.807) is 0 Å². The summed E-state index contributed by atoms with van der Waals surface area (Å²) in [7, 11) is 0. The number of fused-ring (bicyclic) bond motifs is 1. The number of anilines is 1. The molecule has 1 aromatic carbocycles. The number of hydrogen-bond donors (Lipinski definition) is 1. The Labute approximate surface area is 113 Å². The lowest BCUT2D eigenvalue weighted by molar-refractivity contribution is 0.307. The smallest absolute Gasteiger partial charge is 0.166 e. The first kappa shape index (κ1) is 12.0. The van der Waals surface area contributed by atoms with E-state index in [-0.39, 0.29) is 0 Å². The van der Waals surface area contributed by atoms with Crippen molar-refractivity contribution in [2.75, 3.05) is 5.73 Å². The van der Waals surface area contributed by atoms with Gasteiger partial charge in [-0.15, -0.1) is 0 Å². The standard InChI is InChI=1S/C16H18N2O/c1-11-5-8-15(16(17)18-11)19-10-12-6-7-13-3-2-4-14(13)9-12/h5-9H,2-4,10H2,1H3,(H2,17,18). The molecule has 0 amide bonds. The highest BCUT2D eigenvalue weighted by Crippen LogP contribution is 2.24. The van der Waals surface area contributed by atoms with E-state index in [2.05, 4.69) is 23.2 Å². The molecule has 1 aliphatic rings. The summed E-state index contributed by atoms with van der Waals surface area (Å²) in [6, 6.07) is 10.4. The predicted octanol–water partition coefficient (Wildman–Crippen LogP) is 3.04. The van der Waals surface area contributed by atoms with E-state index in [1.165, 1.54) is 36.0 Å². The number of ether oxygens (including phenoxy) is 1. The number of hydrogen-bond acceptors (Lipinski definition) is 3. The van der Waals surface area contributed by atoms with Gasteiger partial charge in [-0.1, -0.05) is 18.2 Å². The van der Waals surface area contributed by atoms with Crippen molar-refractivity contribution in [1.29, 1.82) is 0 Å². The van der Waals surface area contributed by atoms with Crippen molar-refractivity contribution in [2.45, 2.75) is 32.8 Å².